The summed E-state index contributed by atoms with van der Waals surface area (Å²) >= 11 is 7.48. The second-order valence-corrected chi connectivity index (χ2v) is 6.06. The van der Waals surface area contributed by atoms with Gasteiger partial charge in [0.15, 0.2) is 0 Å². The summed E-state index contributed by atoms with van der Waals surface area (Å²) in [5, 5.41) is 0. The number of hydrogen-bond acceptors (Lipinski definition) is 0. The molecule has 0 fully saturated rings. The van der Waals surface area contributed by atoms with E-state index in [0.717, 1.165) is 0 Å². The number of alkyl halides is 2. The second-order valence-electron chi connectivity index (χ2n) is 3.71. The summed E-state index contributed by atoms with van der Waals surface area (Å²) in [4.78, 5) is 1.22. The fourth-order valence-electron chi connectivity index (χ4n) is 1.54. The number of allylic oxidation sites excluding steroid dienone is 4. The van der Waals surface area contributed by atoms with Crippen LogP contribution in [0, 0.1) is 0 Å². The molecule has 0 spiro atoms. The molecule has 80 valence electrons. The molecule has 0 saturated carbocycles. The van der Waals surface area contributed by atoms with Crippen molar-refractivity contribution in [2.75, 3.05) is 0 Å². The van der Waals surface area contributed by atoms with Crippen molar-refractivity contribution in [3.05, 3.63) is 24.3 Å². The summed E-state index contributed by atoms with van der Waals surface area (Å²) in [5.74, 6) is 0. The van der Waals surface area contributed by atoms with Gasteiger partial charge in [0.1, 0.15) is 0 Å². The lowest BCUT2D eigenvalue weighted by Crippen LogP contribution is -2.13. The first-order valence-electron chi connectivity index (χ1n) is 5.39. The molecule has 1 rings (SSSR count). The monoisotopic (exact) mass is 320 g/mol. The van der Waals surface area contributed by atoms with Gasteiger partial charge in [-0.15, -0.1) is 0 Å². The van der Waals surface area contributed by atoms with E-state index in [-0.39, 0.29) is 0 Å². The third-order valence-corrected chi connectivity index (χ3v) is 5.35. The Morgan fingerprint density at radius 2 is 1.00 bits per heavy atom. The minimum Gasteiger partial charge on any atom is -0.0885 e. The molecule has 0 aromatic heterocycles. The van der Waals surface area contributed by atoms with Gasteiger partial charge >= 0.3 is 0 Å². The van der Waals surface area contributed by atoms with Crippen LogP contribution in [0.2, 0.25) is 0 Å². The third kappa shape index (κ3) is 5.35. The van der Waals surface area contributed by atoms with Crippen molar-refractivity contribution in [2.24, 2.45) is 0 Å². The molecular weight excluding hydrogens is 304 g/mol. The van der Waals surface area contributed by atoms with Gasteiger partial charge in [-0.25, -0.2) is 0 Å². The van der Waals surface area contributed by atoms with Gasteiger partial charge in [0, 0.05) is 9.65 Å². The lowest BCUT2D eigenvalue weighted by molar-refractivity contribution is 0.698. The van der Waals surface area contributed by atoms with E-state index in [1.165, 1.54) is 38.5 Å². The minimum absolute atomic E-state index is 0.611. The molecule has 0 aromatic carbocycles. The molecule has 0 bridgehead atoms. The van der Waals surface area contributed by atoms with Gasteiger partial charge in [-0.05, 0) is 38.5 Å². The first kappa shape index (κ1) is 12.5. The molecule has 0 nitrogen and oxygen atoms in total. The Labute approximate surface area is 104 Å². The average molecular weight is 322 g/mol. The van der Waals surface area contributed by atoms with Crippen LogP contribution in [0.5, 0.6) is 0 Å². The summed E-state index contributed by atoms with van der Waals surface area (Å²) in [6.07, 6.45) is 16.5. The van der Waals surface area contributed by atoms with E-state index < -0.39 is 0 Å². The smallest absolute Gasteiger partial charge is 0.0274 e. The summed E-state index contributed by atoms with van der Waals surface area (Å²) < 4.78 is 0. The maximum absolute atomic E-state index is 3.74. The van der Waals surface area contributed by atoms with E-state index in [9.17, 15) is 0 Å². The van der Waals surface area contributed by atoms with Crippen LogP contribution >= 0.6 is 31.9 Å². The maximum atomic E-state index is 3.74. The van der Waals surface area contributed by atoms with Crippen LogP contribution < -0.4 is 0 Å². The zero-order valence-electron chi connectivity index (χ0n) is 8.46. The molecule has 0 aromatic rings. The van der Waals surface area contributed by atoms with Crippen molar-refractivity contribution in [3.63, 3.8) is 0 Å². The van der Waals surface area contributed by atoms with Crippen LogP contribution in [-0.4, -0.2) is 9.65 Å². The van der Waals surface area contributed by atoms with E-state index in [4.69, 9.17) is 0 Å². The van der Waals surface area contributed by atoms with Crippen molar-refractivity contribution >= 4 is 31.9 Å². The maximum Gasteiger partial charge on any atom is 0.0274 e. The number of hydrogen-bond donors (Lipinski definition) is 0. The van der Waals surface area contributed by atoms with Gasteiger partial charge in [-0.1, -0.05) is 56.2 Å². The molecule has 0 saturated heterocycles. The van der Waals surface area contributed by atoms with E-state index in [2.05, 4.69) is 56.2 Å². The van der Waals surface area contributed by atoms with E-state index >= 15 is 0 Å². The largest absolute Gasteiger partial charge is 0.0885 e. The highest BCUT2D eigenvalue weighted by atomic mass is 79.9. The van der Waals surface area contributed by atoms with Crippen LogP contribution in [-0.2, 0) is 0 Å². The highest BCUT2D eigenvalue weighted by Gasteiger charge is 2.13. The number of halogens is 2. The highest BCUT2D eigenvalue weighted by molar-refractivity contribution is 9.12. The molecule has 0 aliphatic heterocycles. The first-order chi connectivity index (χ1) is 6.80. The van der Waals surface area contributed by atoms with Crippen LogP contribution in [0.4, 0.5) is 0 Å². The van der Waals surface area contributed by atoms with Crippen molar-refractivity contribution < 1.29 is 0 Å². The molecule has 1 unspecified atom stereocenters. The highest BCUT2D eigenvalue weighted by Crippen LogP contribution is 2.24. The fraction of sp³-hybridized carbons (Fsp3) is 0.667. The van der Waals surface area contributed by atoms with E-state index in [1.54, 1.807) is 0 Å². The van der Waals surface area contributed by atoms with E-state index in [0.29, 0.717) is 9.65 Å². The lowest BCUT2D eigenvalue weighted by atomic mass is 10.1. The van der Waals surface area contributed by atoms with Gasteiger partial charge in [0.05, 0.1) is 0 Å². The molecule has 0 heterocycles. The number of rotatable bonds is 0. The Hall–Kier alpha value is 0.440. The Morgan fingerprint density at radius 3 is 1.43 bits per heavy atom. The van der Waals surface area contributed by atoms with E-state index in [1.807, 2.05) is 0 Å². The van der Waals surface area contributed by atoms with Gasteiger partial charge in [0.2, 0.25) is 0 Å². The lowest BCUT2D eigenvalue weighted by Gasteiger charge is -2.15. The molecule has 0 amide bonds. The van der Waals surface area contributed by atoms with Crippen molar-refractivity contribution in [2.45, 2.75) is 48.2 Å². The summed E-state index contributed by atoms with van der Waals surface area (Å²) in [5.41, 5.74) is 0. The Balaban J connectivity index is 2.41. The summed E-state index contributed by atoms with van der Waals surface area (Å²) in [6, 6.07) is 0. The van der Waals surface area contributed by atoms with Crippen molar-refractivity contribution in [1.29, 1.82) is 0 Å². The van der Waals surface area contributed by atoms with Crippen molar-refractivity contribution in [1.82, 2.24) is 0 Å². The Kier molecular flexibility index (Phi) is 6.88. The quantitative estimate of drug-likeness (QED) is 0.436. The normalized spacial score (nSPS) is 35.3. The molecule has 1 aliphatic rings. The molecule has 0 N–H and O–H groups in total. The predicted octanol–water partition coefficient (Wildman–Crippen LogP) is 4.98. The third-order valence-electron chi connectivity index (χ3n) is 2.44. The Bertz CT molecular complexity index is 174. The molecule has 14 heavy (non-hydrogen) atoms. The topological polar surface area (TPSA) is 0 Å². The molecule has 2 atom stereocenters. The van der Waals surface area contributed by atoms with Crippen LogP contribution in [0.15, 0.2) is 24.3 Å². The van der Waals surface area contributed by atoms with Crippen molar-refractivity contribution in [3.8, 4) is 0 Å². The van der Waals surface area contributed by atoms with Crippen LogP contribution in [0.3, 0.4) is 0 Å². The van der Waals surface area contributed by atoms with Crippen LogP contribution in [0.25, 0.3) is 0 Å². The predicted molar refractivity (Wildman–Crippen MR) is 71.4 cm³/mol. The zero-order valence-corrected chi connectivity index (χ0v) is 11.6. The zero-order chi connectivity index (χ0) is 10.2. The molecule has 1 aliphatic carbocycles. The summed E-state index contributed by atoms with van der Waals surface area (Å²) in [6.45, 7) is 0. The minimum atomic E-state index is 0.611. The van der Waals surface area contributed by atoms with Gasteiger partial charge in [-0.3, -0.25) is 0 Å². The SMILES string of the molecule is BrC1CC/C=C/CC/C=C/CC[C@H]1Br. The fourth-order valence-corrected chi connectivity index (χ4v) is 2.59. The Morgan fingerprint density at radius 1 is 0.643 bits per heavy atom. The van der Waals surface area contributed by atoms with Gasteiger partial charge in [0.25, 0.3) is 0 Å². The van der Waals surface area contributed by atoms with Crippen LogP contribution in [0.1, 0.15) is 38.5 Å². The average Bonchev–Trinajstić information content (AvgIpc) is 2.18. The first-order valence-corrected chi connectivity index (χ1v) is 7.22. The molecule has 2 heteroatoms. The standard InChI is InChI=1S/C12H18Br2/c13-11-9-7-5-3-1-2-4-6-8-10-12(11)14/h3-6,11-12H,1-2,7-10H2/b5-3+,6-4+/t11-,12?/m1/s1. The van der Waals surface area contributed by atoms with Gasteiger partial charge in [-0.2, -0.15) is 0 Å². The second kappa shape index (κ2) is 7.70. The molecule has 0 radical (unpaired) electrons. The summed E-state index contributed by atoms with van der Waals surface area (Å²) in [7, 11) is 0. The molecular formula is C12H18Br2. The van der Waals surface area contributed by atoms with Gasteiger partial charge < -0.3 is 0 Å².